The molecule has 21 heavy (non-hydrogen) atoms. The first-order chi connectivity index (χ1) is 9.85. The first kappa shape index (κ1) is 15.3. The number of urea groups is 1. The van der Waals surface area contributed by atoms with E-state index in [4.69, 9.17) is 4.52 Å². The molecule has 116 valence electrons. The minimum Gasteiger partial charge on any atom is -0.481 e. The first-order valence-electron chi connectivity index (χ1n) is 7.03. The number of amides is 2. The third-order valence-electron chi connectivity index (χ3n) is 4.22. The molecular weight excluding hydrogens is 274 g/mol. The Kier molecular flexibility index (Phi) is 4.20. The van der Waals surface area contributed by atoms with Crippen LogP contribution in [0.25, 0.3) is 0 Å². The number of hydrogen-bond donors (Lipinski definition) is 2. The minimum atomic E-state index is -0.845. The summed E-state index contributed by atoms with van der Waals surface area (Å²) in [7, 11) is 0. The van der Waals surface area contributed by atoms with Gasteiger partial charge in [-0.25, -0.2) is 4.79 Å². The van der Waals surface area contributed by atoms with Crippen LogP contribution in [0.15, 0.2) is 10.6 Å². The molecule has 2 amide bonds. The average molecular weight is 295 g/mol. The summed E-state index contributed by atoms with van der Waals surface area (Å²) in [4.78, 5) is 25.2. The van der Waals surface area contributed by atoms with Crippen LogP contribution in [0.3, 0.4) is 0 Å². The van der Waals surface area contributed by atoms with E-state index in [1.54, 1.807) is 17.9 Å². The second kappa shape index (κ2) is 5.75. The molecule has 0 aromatic carbocycles. The van der Waals surface area contributed by atoms with Crippen molar-refractivity contribution in [2.24, 2.45) is 11.3 Å². The fraction of sp³-hybridized carbons (Fsp3) is 0.643. The van der Waals surface area contributed by atoms with Gasteiger partial charge >= 0.3 is 12.0 Å². The van der Waals surface area contributed by atoms with Crippen molar-refractivity contribution < 1.29 is 19.2 Å². The van der Waals surface area contributed by atoms with Crippen molar-refractivity contribution >= 4 is 12.0 Å². The second-order valence-electron chi connectivity index (χ2n) is 5.88. The predicted octanol–water partition coefficient (Wildman–Crippen LogP) is 1.63. The summed E-state index contributed by atoms with van der Waals surface area (Å²) < 4.78 is 4.93. The molecular formula is C14H21N3O4. The van der Waals surface area contributed by atoms with Gasteiger partial charge in [0.1, 0.15) is 11.5 Å². The number of carbonyl (C=O) groups excluding carboxylic acids is 1. The van der Waals surface area contributed by atoms with E-state index in [9.17, 15) is 14.7 Å². The smallest absolute Gasteiger partial charge is 0.317 e. The van der Waals surface area contributed by atoms with Gasteiger partial charge in [0.25, 0.3) is 0 Å². The van der Waals surface area contributed by atoms with Gasteiger partial charge in [0.05, 0.1) is 12.0 Å². The molecule has 1 saturated heterocycles. The molecule has 2 N–H and O–H groups in total. The molecule has 2 rings (SSSR count). The number of likely N-dealkylation sites (tertiary alicyclic amines) is 1. The third kappa shape index (κ3) is 3.01. The van der Waals surface area contributed by atoms with Crippen molar-refractivity contribution in [3.05, 3.63) is 17.5 Å². The van der Waals surface area contributed by atoms with Crippen molar-refractivity contribution in [2.75, 3.05) is 13.1 Å². The molecule has 0 spiro atoms. The monoisotopic (exact) mass is 295 g/mol. The minimum absolute atomic E-state index is 0.0222. The van der Waals surface area contributed by atoms with E-state index >= 15 is 0 Å². The Hall–Kier alpha value is -2.05. The molecule has 0 bridgehead atoms. The van der Waals surface area contributed by atoms with Gasteiger partial charge in [-0.05, 0) is 19.3 Å². The van der Waals surface area contributed by atoms with Crippen LogP contribution in [0.1, 0.15) is 31.7 Å². The van der Waals surface area contributed by atoms with Crippen LogP contribution in [0.4, 0.5) is 4.79 Å². The Morgan fingerprint density at radius 1 is 1.57 bits per heavy atom. The van der Waals surface area contributed by atoms with Crippen molar-refractivity contribution in [2.45, 2.75) is 33.7 Å². The van der Waals surface area contributed by atoms with Crippen LogP contribution in [0, 0.1) is 18.3 Å². The van der Waals surface area contributed by atoms with Crippen LogP contribution >= 0.6 is 0 Å². The molecule has 0 aliphatic carbocycles. The molecule has 0 radical (unpaired) electrons. The molecule has 1 unspecified atom stereocenters. The highest BCUT2D eigenvalue weighted by Gasteiger charge is 2.48. The van der Waals surface area contributed by atoms with E-state index in [0.29, 0.717) is 24.4 Å². The standard InChI is InChI=1S/C14H21N3O4/c1-9(2)14(12(18)19)4-5-17(8-14)13(20)15-7-11-6-10(3)21-16-11/h6,9H,4-5,7-8H2,1-3H3,(H,15,20)(H,18,19). The first-order valence-corrected chi connectivity index (χ1v) is 7.03. The van der Waals surface area contributed by atoms with Crippen LogP contribution in [-0.4, -0.2) is 40.3 Å². The normalized spacial score (nSPS) is 21.8. The molecule has 1 atom stereocenters. The van der Waals surface area contributed by atoms with Crippen LogP contribution in [0.2, 0.25) is 0 Å². The number of carboxylic acids is 1. The average Bonchev–Trinajstić information content (AvgIpc) is 3.03. The van der Waals surface area contributed by atoms with Gasteiger partial charge in [0, 0.05) is 19.2 Å². The molecule has 7 heteroatoms. The third-order valence-corrected chi connectivity index (χ3v) is 4.22. The summed E-state index contributed by atoms with van der Waals surface area (Å²) in [6, 6.07) is 1.49. The van der Waals surface area contributed by atoms with E-state index in [-0.39, 0.29) is 25.0 Å². The quantitative estimate of drug-likeness (QED) is 0.880. The predicted molar refractivity (Wildman–Crippen MR) is 74.6 cm³/mol. The van der Waals surface area contributed by atoms with Gasteiger partial charge in [-0.3, -0.25) is 4.79 Å². The summed E-state index contributed by atoms with van der Waals surface area (Å²) >= 11 is 0. The topological polar surface area (TPSA) is 95.7 Å². The van der Waals surface area contributed by atoms with Gasteiger partial charge < -0.3 is 19.8 Å². The van der Waals surface area contributed by atoms with Gasteiger partial charge in [-0.15, -0.1) is 0 Å². The van der Waals surface area contributed by atoms with E-state index in [2.05, 4.69) is 10.5 Å². The van der Waals surface area contributed by atoms with Crippen molar-refractivity contribution in [3.8, 4) is 0 Å². The molecule has 1 aromatic heterocycles. The lowest BCUT2D eigenvalue weighted by atomic mass is 9.76. The highest BCUT2D eigenvalue weighted by molar-refractivity contribution is 5.80. The lowest BCUT2D eigenvalue weighted by molar-refractivity contribution is -0.150. The Morgan fingerprint density at radius 2 is 2.29 bits per heavy atom. The molecule has 0 saturated carbocycles. The van der Waals surface area contributed by atoms with Crippen molar-refractivity contribution in [3.63, 3.8) is 0 Å². The molecule has 1 fully saturated rings. The lowest BCUT2D eigenvalue weighted by Crippen LogP contribution is -2.43. The van der Waals surface area contributed by atoms with Gasteiger partial charge in [0.15, 0.2) is 0 Å². The maximum Gasteiger partial charge on any atom is 0.317 e. The Bertz CT molecular complexity index is 540. The Morgan fingerprint density at radius 3 is 2.76 bits per heavy atom. The summed E-state index contributed by atoms with van der Waals surface area (Å²) in [6.07, 6.45) is 0.483. The molecule has 2 heterocycles. The summed E-state index contributed by atoms with van der Waals surface area (Å²) in [6.45, 7) is 6.51. The summed E-state index contributed by atoms with van der Waals surface area (Å²) in [5.41, 5.74) is -0.199. The Labute approximate surface area is 123 Å². The van der Waals surface area contributed by atoms with Crippen molar-refractivity contribution in [1.29, 1.82) is 0 Å². The maximum atomic E-state index is 12.1. The fourth-order valence-electron chi connectivity index (χ4n) is 2.68. The second-order valence-corrected chi connectivity index (χ2v) is 5.88. The maximum absolute atomic E-state index is 12.1. The molecule has 1 aliphatic heterocycles. The van der Waals surface area contributed by atoms with E-state index in [1.807, 2.05) is 13.8 Å². The number of aromatic nitrogens is 1. The number of aliphatic carboxylic acids is 1. The number of rotatable bonds is 4. The molecule has 1 aliphatic rings. The fourth-order valence-corrected chi connectivity index (χ4v) is 2.68. The van der Waals surface area contributed by atoms with Crippen molar-refractivity contribution in [1.82, 2.24) is 15.4 Å². The van der Waals surface area contributed by atoms with Gasteiger partial charge in [0.2, 0.25) is 0 Å². The number of aryl methyl sites for hydroxylation is 1. The lowest BCUT2D eigenvalue weighted by Gasteiger charge is -2.28. The number of nitrogens with one attached hydrogen (secondary N) is 1. The summed E-state index contributed by atoms with van der Waals surface area (Å²) in [5, 5.41) is 16.0. The summed E-state index contributed by atoms with van der Waals surface area (Å²) in [5.74, 6) is -0.170. The SMILES string of the molecule is Cc1cc(CNC(=O)N2CCC(C(=O)O)(C(C)C)C2)no1. The highest BCUT2D eigenvalue weighted by atomic mass is 16.5. The van der Waals surface area contributed by atoms with Gasteiger partial charge in [-0.1, -0.05) is 19.0 Å². The zero-order valence-corrected chi connectivity index (χ0v) is 12.5. The number of carbonyl (C=O) groups is 2. The number of hydrogen-bond acceptors (Lipinski definition) is 4. The molecule has 1 aromatic rings. The zero-order valence-electron chi connectivity index (χ0n) is 12.5. The number of nitrogens with zero attached hydrogens (tertiary/aromatic N) is 2. The largest absolute Gasteiger partial charge is 0.481 e. The van der Waals surface area contributed by atoms with E-state index in [0.717, 1.165) is 0 Å². The van der Waals surface area contributed by atoms with Crippen LogP contribution < -0.4 is 5.32 Å². The molecule has 7 nitrogen and oxygen atoms in total. The van der Waals surface area contributed by atoms with E-state index < -0.39 is 11.4 Å². The van der Waals surface area contributed by atoms with Gasteiger partial charge in [-0.2, -0.15) is 0 Å². The Balaban J connectivity index is 1.94. The van der Waals surface area contributed by atoms with Crippen LogP contribution in [-0.2, 0) is 11.3 Å². The highest BCUT2D eigenvalue weighted by Crippen LogP contribution is 2.38. The zero-order chi connectivity index (χ0) is 15.6. The van der Waals surface area contributed by atoms with E-state index in [1.165, 1.54) is 0 Å². The number of carboxylic acid groups (broad SMARTS) is 1. The van der Waals surface area contributed by atoms with Crippen LogP contribution in [0.5, 0.6) is 0 Å².